The van der Waals surface area contributed by atoms with Crippen LogP contribution in [0.25, 0.3) is 0 Å². The minimum absolute atomic E-state index is 0. The van der Waals surface area contributed by atoms with Crippen molar-refractivity contribution in [3.05, 3.63) is 48.6 Å². The first kappa shape index (κ1) is 12.7. The fourth-order valence-corrected chi connectivity index (χ4v) is 0.556. The Bertz CT molecular complexity index is 172. The van der Waals surface area contributed by atoms with Gasteiger partial charge in [-0.3, -0.25) is 0 Å². The van der Waals surface area contributed by atoms with Crippen molar-refractivity contribution in [1.82, 2.24) is 0 Å². The van der Waals surface area contributed by atoms with Crippen molar-refractivity contribution in [3.8, 4) is 0 Å². The van der Waals surface area contributed by atoms with Crippen LogP contribution in [0.4, 0.5) is 0 Å². The summed E-state index contributed by atoms with van der Waals surface area (Å²) in [6, 6.07) is 9.84. The predicted octanol–water partition coefficient (Wildman–Crippen LogP) is 2.60. The van der Waals surface area contributed by atoms with E-state index >= 15 is 0 Å². The molecule has 0 atom stereocenters. The minimum Gasteiger partial charge on any atom is -0.193 e. The molecule has 0 aliphatic carbocycles. The average molecular weight is 249 g/mol. The summed E-state index contributed by atoms with van der Waals surface area (Å²) in [7, 11) is 0. The van der Waals surface area contributed by atoms with E-state index in [2.05, 4.69) is 12.7 Å². The molecule has 2 heteroatoms. The zero-order valence-corrected chi connectivity index (χ0v) is 10.4. The summed E-state index contributed by atoms with van der Waals surface area (Å²) < 4.78 is 0. The van der Waals surface area contributed by atoms with Gasteiger partial charge in [-0.1, -0.05) is 6.07 Å². The molecule has 1 aromatic rings. The summed E-state index contributed by atoms with van der Waals surface area (Å²) >= 11 is 0. The number of rotatable bonds is 1. The summed E-state index contributed by atoms with van der Waals surface area (Å²) in [6.07, 6.45) is 2.78. The number of hydrogen-bond acceptors (Lipinski definition) is 0. The molecule has 0 aliphatic rings. The van der Waals surface area contributed by atoms with Crippen LogP contribution in [0, 0.1) is 6.08 Å². The molecule has 0 radical (unpaired) electrons. The average Bonchev–Trinajstić information content (AvgIpc) is 1.90. The molecular weight excluding hydrogens is 241 g/mol. The molecule has 0 unspecified atom stereocenters. The molecule has 0 amide bonds. The van der Waals surface area contributed by atoms with E-state index in [0.29, 0.717) is 0 Å². The van der Waals surface area contributed by atoms with Crippen molar-refractivity contribution in [2.24, 2.45) is 0 Å². The van der Waals surface area contributed by atoms with Gasteiger partial charge in [0.25, 0.3) is 0 Å². The van der Waals surface area contributed by atoms with Crippen LogP contribution in [0.3, 0.4) is 0 Å². The van der Waals surface area contributed by atoms with Crippen molar-refractivity contribution in [1.29, 1.82) is 0 Å². The van der Waals surface area contributed by atoms with Crippen LogP contribution in [-0.4, -0.2) is 0 Å². The van der Waals surface area contributed by atoms with Crippen LogP contribution in [-0.2, 0) is 19.5 Å². The fourth-order valence-electron chi connectivity index (χ4n) is 0.556. The van der Waals surface area contributed by atoms with E-state index in [1.165, 1.54) is 0 Å². The van der Waals surface area contributed by atoms with Crippen molar-refractivity contribution < 1.29 is 19.5 Å². The van der Waals surface area contributed by atoms with E-state index in [1.807, 2.05) is 30.3 Å². The maximum atomic E-state index is 3.51. The Kier molecular flexibility index (Phi) is 9.12. The summed E-state index contributed by atoms with van der Waals surface area (Å²) in [5.41, 5.74) is 1.05. The molecule has 50 valence electrons. The van der Waals surface area contributed by atoms with Gasteiger partial charge >= 0.3 is 0 Å². The summed E-state index contributed by atoms with van der Waals surface area (Å²) in [5.74, 6) is 0. The largest absolute Gasteiger partial charge is 0.193 e. The Hall–Kier alpha value is 0.0634. The Morgan fingerprint density at radius 2 is 1.60 bits per heavy atom. The molecule has 10 heavy (non-hydrogen) atoms. The van der Waals surface area contributed by atoms with Gasteiger partial charge in [0, 0.05) is 19.5 Å². The summed E-state index contributed by atoms with van der Waals surface area (Å²) in [5, 5.41) is 0. The van der Waals surface area contributed by atoms with Gasteiger partial charge in [0.15, 0.2) is 0 Å². The first-order valence-corrected chi connectivity index (χ1v) is 2.51. The van der Waals surface area contributed by atoms with Gasteiger partial charge in [-0.2, -0.15) is 30.4 Å². The summed E-state index contributed by atoms with van der Waals surface area (Å²) in [4.78, 5) is 0. The molecule has 0 spiro atoms. The second-order valence-electron chi connectivity index (χ2n) is 1.54. The predicted molar refractivity (Wildman–Crippen MR) is 44.7 cm³/mol. The molecule has 0 aliphatic heterocycles. The maximum Gasteiger partial charge on any atom is 0 e. The molecule has 0 N–H and O–H groups in total. The molecular formula is C8H8BrZn-. The van der Waals surface area contributed by atoms with E-state index in [1.54, 1.807) is 0 Å². The standard InChI is InChI=1S/C8H7.BrH.Zn/c1-2-8-6-4-3-5-7-8;;/h3-7H,1H2;1H;/q-1;;. The smallest absolute Gasteiger partial charge is 0 e. The number of hydrogen-bond donors (Lipinski definition) is 0. The Morgan fingerprint density at radius 1 is 1.10 bits per heavy atom. The van der Waals surface area contributed by atoms with Crippen LogP contribution < -0.4 is 0 Å². The second-order valence-corrected chi connectivity index (χ2v) is 1.54. The van der Waals surface area contributed by atoms with Crippen LogP contribution in [0.2, 0.25) is 0 Å². The van der Waals surface area contributed by atoms with Gasteiger partial charge in [-0.25, -0.2) is 0 Å². The molecule has 0 saturated heterocycles. The third-order valence-electron chi connectivity index (χ3n) is 0.978. The Morgan fingerprint density at radius 3 is 1.90 bits per heavy atom. The van der Waals surface area contributed by atoms with Crippen LogP contribution >= 0.6 is 17.0 Å². The van der Waals surface area contributed by atoms with Gasteiger partial charge in [-0.15, -0.1) is 29.1 Å². The molecule has 1 aromatic carbocycles. The van der Waals surface area contributed by atoms with E-state index in [9.17, 15) is 0 Å². The van der Waals surface area contributed by atoms with E-state index in [0.717, 1.165) is 5.56 Å². The third kappa shape index (κ3) is 3.97. The first-order valence-electron chi connectivity index (χ1n) is 2.51. The SMILES string of the molecule is Br.C=[C-]c1ccccc1.[Zn]. The molecule has 0 aromatic heterocycles. The van der Waals surface area contributed by atoms with E-state index in [-0.39, 0.29) is 36.5 Å². The zero-order valence-electron chi connectivity index (χ0n) is 5.71. The van der Waals surface area contributed by atoms with Crippen LogP contribution in [0.5, 0.6) is 0 Å². The van der Waals surface area contributed by atoms with Crippen molar-refractivity contribution in [3.63, 3.8) is 0 Å². The minimum atomic E-state index is 0. The molecule has 0 nitrogen and oxygen atoms in total. The Labute approximate surface area is 84.9 Å². The fraction of sp³-hybridized carbons (Fsp3) is 0. The number of benzene rings is 1. The molecule has 0 heterocycles. The topological polar surface area (TPSA) is 0 Å². The monoisotopic (exact) mass is 247 g/mol. The zero-order chi connectivity index (χ0) is 5.82. The van der Waals surface area contributed by atoms with Gasteiger partial charge in [-0.05, 0) is 0 Å². The third-order valence-corrected chi connectivity index (χ3v) is 0.978. The molecule has 0 bridgehead atoms. The van der Waals surface area contributed by atoms with E-state index in [4.69, 9.17) is 0 Å². The van der Waals surface area contributed by atoms with Crippen molar-refractivity contribution in [2.45, 2.75) is 0 Å². The number of halogens is 1. The summed E-state index contributed by atoms with van der Waals surface area (Å²) in [6.45, 7) is 3.51. The Balaban J connectivity index is 0. The van der Waals surface area contributed by atoms with Crippen LogP contribution in [0.1, 0.15) is 5.56 Å². The molecule has 0 fully saturated rings. The molecule has 0 saturated carbocycles. The van der Waals surface area contributed by atoms with Crippen molar-refractivity contribution >= 4 is 17.0 Å². The van der Waals surface area contributed by atoms with Gasteiger partial charge in [0.2, 0.25) is 0 Å². The molecule has 1 rings (SSSR count). The van der Waals surface area contributed by atoms with Gasteiger partial charge in [0.05, 0.1) is 0 Å². The van der Waals surface area contributed by atoms with Crippen LogP contribution in [0.15, 0.2) is 36.9 Å². The first-order chi connectivity index (χ1) is 3.93. The normalized spacial score (nSPS) is 6.80. The van der Waals surface area contributed by atoms with E-state index < -0.39 is 0 Å². The van der Waals surface area contributed by atoms with Crippen molar-refractivity contribution in [2.75, 3.05) is 0 Å². The van der Waals surface area contributed by atoms with Gasteiger partial charge < -0.3 is 0 Å². The second kappa shape index (κ2) is 7.17. The van der Waals surface area contributed by atoms with Gasteiger partial charge in [0.1, 0.15) is 0 Å². The maximum absolute atomic E-state index is 3.51. The quantitative estimate of drug-likeness (QED) is 0.530.